The zero-order valence-corrected chi connectivity index (χ0v) is 14.2. The first-order valence-electron chi connectivity index (χ1n) is 6.42. The van der Waals surface area contributed by atoms with Crippen molar-refractivity contribution < 1.29 is 9.53 Å². The Labute approximate surface area is 127 Å². The molecule has 0 aliphatic carbocycles. The Bertz CT molecular complexity index is 464. The minimum Gasteiger partial charge on any atom is -0.368 e. The number of nitrogens with zero attached hydrogens (tertiary/aromatic N) is 1. The van der Waals surface area contributed by atoms with Crippen LogP contribution in [0.1, 0.15) is 34.0 Å². The number of carbonyl (C=O) groups is 1. The van der Waals surface area contributed by atoms with Gasteiger partial charge in [0.2, 0.25) is 0 Å². The molecule has 2 heterocycles. The zero-order chi connectivity index (χ0) is 14.2. The van der Waals surface area contributed by atoms with Gasteiger partial charge in [-0.15, -0.1) is 11.3 Å². The highest BCUT2D eigenvalue weighted by atomic mass is 79.9. The maximum absolute atomic E-state index is 12.6. The largest absolute Gasteiger partial charge is 0.368 e. The first kappa shape index (κ1) is 15.0. The lowest BCUT2D eigenvalue weighted by molar-refractivity contribution is -0.116. The van der Waals surface area contributed by atoms with Gasteiger partial charge in [-0.3, -0.25) is 4.79 Å². The van der Waals surface area contributed by atoms with E-state index in [-0.39, 0.29) is 17.6 Å². The Balaban J connectivity index is 2.18. The van der Waals surface area contributed by atoms with Crippen LogP contribution in [0.4, 0.5) is 0 Å². The van der Waals surface area contributed by atoms with E-state index >= 15 is 0 Å². The second-order valence-electron chi connectivity index (χ2n) is 5.69. The molecule has 1 aromatic heterocycles. The summed E-state index contributed by atoms with van der Waals surface area (Å²) in [5, 5.41) is 0.753. The topological polar surface area (TPSA) is 29.5 Å². The van der Waals surface area contributed by atoms with E-state index < -0.39 is 0 Å². The average molecular weight is 346 g/mol. The molecule has 1 amide bonds. The minimum atomic E-state index is -0.284. The standard InChI is InChI=1S/C14H20BrNO2S/c1-9-5-12(19-10(9)2)13(17)16-7-11(6-15)18-14(3,4)8-16/h5,11H,6-8H2,1-4H3. The lowest BCUT2D eigenvalue weighted by Crippen LogP contribution is -2.55. The van der Waals surface area contributed by atoms with Crippen LogP contribution in [-0.4, -0.2) is 40.9 Å². The fourth-order valence-corrected chi connectivity index (χ4v) is 3.70. The molecule has 2 rings (SSSR count). The van der Waals surface area contributed by atoms with E-state index in [0.29, 0.717) is 13.1 Å². The van der Waals surface area contributed by atoms with Crippen LogP contribution >= 0.6 is 27.3 Å². The summed E-state index contributed by atoms with van der Waals surface area (Å²) in [4.78, 5) is 16.5. The molecule has 0 bridgehead atoms. The van der Waals surface area contributed by atoms with E-state index in [1.807, 2.05) is 31.7 Å². The molecule has 1 aromatic rings. The Morgan fingerprint density at radius 2 is 2.26 bits per heavy atom. The molecule has 0 N–H and O–H groups in total. The Hall–Kier alpha value is -0.390. The summed E-state index contributed by atoms with van der Waals surface area (Å²) in [6, 6.07) is 1.99. The lowest BCUT2D eigenvalue weighted by atomic mass is 10.1. The Morgan fingerprint density at radius 1 is 1.58 bits per heavy atom. The number of carbonyl (C=O) groups excluding carboxylic acids is 1. The minimum absolute atomic E-state index is 0.0647. The maximum atomic E-state index is 12.6. The number of thiophene rings is 1. The summed E-state index contributed by atoms with van der Waals surface area (Å²) in [5.74, 6) is 0.128. The SMILES string of the molecule is Cc1cc(C(=O)N2CC(CBr)OC(C)(C)C2)sc1C. The molecule has 19 heavy (non-hydrogen) atoms. The molecule has 1 fully saturated rings. The van der Waals surface area contributed by atoms with Crippen LogP contribution in [0.25, 0.3) is 0 Å². The first-order valence-corrected chi connectivity index (χ1v) is 8.36. The molecule has 3 nitrogen and oxygen atoms in total. The van der Waals surface area contributed by atoms with Gasteiger partial charge in [-0.2, -0.15) is 0 Å². The van der Waals surface area contributed by atoms with Crippen molar-refractivity contribution in [3.8, 4) is 0 Å². The summed E-state index contributed by atoms with van der Waals surface area (Å²) in [6.07, 6.45) is 0.0647. The third kappa shape index (κ3) is 3.38. The second kappa shape index (κ2) is 5.54. The number of hydrogen-bond donors (Lipinski definition) is 0. The van der Waals surface area contributed by atoms with Gasteiger partial charge in [0.05, 0.1) is 16.6 Å². The molecule has 106 valence electrons. The van der Waals surface area contributed by atoms with Crippen LogP contribution < -0.4 is 0 Å². The maximum Gasteiger partial charge on any atom is 0.264 e. The molecule has 1 saturated heterocycles. The Kier molecular flexibility index (Phi) is 4.38. The quantitative estimate of drug-likeness (QED) is 0.769. The van der Waals surface area contributed by atoms with Crippen molar-refractivity contribution >= 4 is 33.2 Å². The first-order chi connectivity index (χ1) is 8.82. The van der Waals surface area contributed by atoms with Crippen LogP contribution in [0.3, 0.4) is 0 Å². The number of morpholine rings is 1. The van der Waals surface area contributed by atoms with Gasteiger partial charge in [-0.1, -0.05) is 15.9 Å². The van der Waals surface area contributed by atoms with Crippen molar-refractivity contribution in [1.82, 2.24) is 4.90 Å². The summed E-state index contributed by atoms with van der Waals surface area (Å²) >= 11 is 5.03. The fourth-order valence-electron chi connectivity index (χ4n) is 2.37. The number of alkyl halides is 1. The number of halogens is 1. The van der Waals surface area contributed by atoms with E-state index in [2.05, 4.69) is 22.9 Å². The number of aryl methyl sites for hydroxylation is 2. The Morgan fingerprint density at radius 3 is 2.79 bits per heavy atom. The van der Waals surface area contributed by atoms with Gasteiger partial charge >= 0.3 is 0 Å². The van der Waals surface area contributed by atoms with Gasteiger partial charge in [0.15, 0.2) is 0 Å². The van der Waals surface area contributed by atoms with Crippen molar-refractivity contribution in [2.75, 3.05) is 18.4 Å². The molecular formula is C14H20BrNO2S. The monoisotopic (exact) mass is 345 g/mol. The molecule has 1 atom stereocenters. The second-order valence-corrected chi connectivity index (χ2v) is 7.59. The third-order valence-corrected chi connectivity index (χ3v) is 5.18. The predicted octanol–water partition coefficient (Wildman–Crippen LogP) is 3.38. The summed E-state index contributed by atoms with van der Waals surface area (Å²) in [6.45, 7) is 9.48. The molecule has 1 aliphatic rings. The van der Waals surface area contributed by atoms with E-state index in [4.69, 9.17) is 4.74 Å². The van der Waals surface area contributed by atoms with E-state index in [0.717, 1.165) is 10.2 Å². The van der Waals surface area contributed by atoms with Crippen molar-refractivity contribution in [2.24, 2.45) is 0 Å². The lowest BCUT2D eigenvalue weighted by Gasteiger charge is -2.42. The molecule has 0 aromatic carbocycles. The number of rotatable bonds is 2. The van der Waals surface area contributed by atoms with E-state index in [9.17, 15) is 4.79 Å². The smallest absolute Gasteiger partial charge is 0.264 e. The van der Waals surface area contributed by atoms with Crippen LogP contribution in [0.15, 0.2) is 6.07 Å². The van der Waals surface area contributed by atoms with Gasteiger partial charge < -0.3 is 9.64 Å². The predicted molar refractivity (Wildman–Crippen MR) is 82.4 cm³/mol. The molecule has 0 saturated carbocycles. The molecule has 0 spiro atoms. The van der Waals surface area contributed by atoms with Crippen molar-refractivity contribution in [2.45, 2.75) is 39.4 Å². The van der Waals surface area contributed by atoms with Gasteiger partial charge in [-0.25, -0.2) is 0 Å². The average Bonchev–Trinajstić information content (AvgIpc) is 2.66. The van der Waals surface area contributed by atoms with E-state index in [1.165, 1.54) is 10.4 Å². The zero-order valence-electron chi connectivity index (χ0n) is 11.8. The van der Waals surface area contributed by atoms with Gasteiger partial charge in [-0.05, 0) is 39.3 Å². The molecule has 0 radical (unpaired) electrons. The van der Waals surface area contributed by atoms with Crippen LogP contribution in [-0.2, 0) is 4.74 Å². The van der Waals surface area contributed by atoms with Crippen LogP contribution in [0, 0.1) is 13.8 Å². The normalized spacial score (nSPS) is 22.6. The summed E-state index contributed by atoms with van der Waals surface area (Å²) in [5.41, 5.74) is 0.908. The number of amides is 1. The van der Waals surface area contributed by atoms with Gasteiger partial charge in [0.25, 0.3) is 5.91 Å². The van der Waals surface area contributed by atoms with Crippen LogP contribution in [0.2, 0.25) is 0 Å². The van der Waals surface area contributed by atoms with Crippen molar-refractivity contribution in [3.63, 3.8) is 0 Å². The number of hydrogen-bond acceptors (Lipinski definition) is 3. The van der Waals surface area contributed by atoms with E-state index in [1.54, 1.807) is 11.3 Å². The van der Waals surface area contributed by atoms with Crippen molar-refractivity contribution in [1.29, 1.82) is 0 Å². The number of ether oxygens (including phenoxy) is 1. The summed E-state index contributed by atoms with van der Waals surface area (Å²) in [7, 11) is 0. The molecular weight excluding hydrogens is 326 g/mol. The highest BCUT2D eigenvalue weighted by Crippen LogP contribution is 2.27. The molecule has 1 unspecified atom stereocenters. The molecule has 1 aliphatic heterocycles. The highest BCUT2D eigenvalue weighted by Gasteiger charge is 2.35. The highest BCUT2D eigenvalue weighted by molar-refractivity contribution is 9.09. The van der Waals surface area contributed by atoms with Crippen molar-refractivity contribution in [3.05, 3.63) is 21.4 Å². The third-order valence-electron chi connectivity index (χ3n) is 3.32. The van der Waals surface area contributed by atoms with Crippen LogP contribution in [0.5, 0.6) is 0 Å². The summed E-state index contributed by atoms with van der Waals surface area (Å²) < 4.78 is 5.93. The van der Waals surface area contributed by atoms with Gasteiger partial charge in [0, 0.05) is 23.3 Å². The fraction of sp³-hybridized carbons (Fsp3) is 0.643. The molecule has 5 heteroatoms. The van der Waals surface area contributed by atoms with Gasteiger partial charge in [0.1, 0.15) is 0 Å².